The lowest BCUT2D eigenvalue weighted by Gasteiger charge is -2.08. The van der Waals surface area contributed by atoms with E-state index >= 15 is 0 Å². The molecule has 0 atom stereocenters. The fourth-order valence-electron chi connectivity index (χ4n) is 1.33. The van der Waals surface area contributed by atoms with Crippen molar-refractivity contribution in [3.63, 3.8) is 0 Å². The van der Waals surface area contributed by atoms with Crippen molar-refractivity contribution in [2.75, 3.05) is 0 Å². The number of thiophene rings is 1. The standard InChI is InChI=1S/C12H8Cl2O3S/c13-8-2-1-3-9(14)11(8)17-6-7-4-5-10(18-7)12(15)16/h1-5H,6H2,(H,15,16). The molecular formula is C12H8Cl2O3S. The molecule has 0 fully saturated rings. The van der Waals surface area contributed by atoms with Gasteiger partial charge in [-0.3, -0.25) is 0 Å². The van der Waals surface area contributed by atoms with E-state index < -0.39 is 5.97 Å². The molecule has 0 saturated heterocycles. The summed E-state index contributed by atoms with van der Waals surface area (Å²) in [6.45, 7) is 0.238. The van der Waals surface area contributed by atoms with Crippen LogP contribution in [-0.2, 0) is 6.61 Å². The molecule has 2 aromatic rings. The molecule has 94 valence electrons. The Morgan fingerprint density at radius 1 is 1.22 bits per heavy atom. The summed E-state index contributed by atoms with van der Waals surface area (Å²) < 4.78 is 5.50. The molecule has 6 heteroatoms. The van der Waals surface area contributed by atoms with Gasteiger partial charge in [-0.25, -0.2) is 4.79 Å². The first kappa shape index (κ1) is 13.2. The Balaban J connectivity index is 2.09. The molecule has 0 aliphatic heterocycles. The number of carboxylic acids is 1. The number of carboxylic acid groups (broad SMARTS) is 1. The Kier molecular flexibility index (Phi) is 4.11. The van der Waals surface area contributed by atoms with E-state index in [0.717, 1.165) is 16.2 Å². The van der Waals surface area contributed by atoms with Gasteiger partial charge in [0.05, 0.1) is 10.0 Å². The number of hydrogen-bond donors (Lipinski definition) is 1. The molecule has 1 aromatic heterocycles. The zero-order valence-corrected chi connectivity index (χ0v) is 11.4. The second-order valence-electron chi connectivity index (χ2n) is 3.41. The molecule has 18 heavy (non-hydrogen) atoms. The van der Waals surface area contributed by atoms with Gasteiger partial charge in [-0.1, -0.05) is 29.3 Å². The summed E-state index contributed by atoms with van der Waals surface area (Å²) in [5.74, 6) is -0.534. The van der Waals surface area contributed by atoms with Gasteiger partial charge in [0.15, 0.2) is 5.75 Å². The lowest BCUT2D eigenvalue weighted by molar-refractivity contribution is 0.0702. The Morgan fingerprint density at radius 3 is 2.44 bits per heavy atom. The largest absolute Gasteiger partial charge is 0.485 e. The van der Waals surface area contributed by atoms with Crippen LogP contribution in [0, 0.1) is 0 Å². The van der Waals surface area contributed by atoms with E-state index in [2.05, 4.69) is 0 Å². The zero-order chi connectivity index (χ0) is 13.1. The molecule has 1 aromatic carbocycles. The molecule has 0 aliphatic carbocycles. The molecule has 0 amide bonds. The molecule has 0 bridgehead atoms. The van der Waals surface area contributed by atoms with Crippen LogP contribution in [0.5, 0.6) is 5.75 Å². The summed E-state index contributed by atoms with van der Waals surface area (Å²) in [6.07, 6.45) is 0. The maximum atomic E-state index is 10.7. The Hall–Kier alpha value is -1.23. The van der Waals surface area contributed by atoms with Crippen LogP contribution in [0.1, 0.15) is 14.5 Å². The smallest absolute Gasteiger partial charge is 0.345 e. The minimum atomic E-state index is -0.943. The topological polar surface area (TPSA) is 46.5 Å². The first-order valence-electron chi connectivity index (χ1n) is 4.96. The third-order valence-electron chi connectivity index (χ3n) is 2.15. The van der Waals surface area contributed by atoms with Crippen molar-refractivity contribution >= 4 is 40.5 Å². The second-order valence-corrected chi connectivity index (χ2v) is 5.39. The van der Waals surface area contributed by atoms with Gasteiger partial charge in [-0.15, -0.1) is 11.3 Å². The Labute approximate surface area is 118 Å². The zero-order valence-electron chi connectivity index (χ0n) is 9.02. The molecule has 0 unspecified atom stereocenters. The van der Waals surface area contributed by atoms with Crippen molar-refractivity contribution in [2.24, 2.45) is 0 Å². The fraction of sp³-hybridized carbons (Fsp3) is 0.0833. The van der Waals surface area contributed by atoms with Gasteiger partial charge >= 0.3 is 5.97 Å². The van der Waals surface area contributed by atoms with Crippen molar-refractivity contribution in [3.8, 4) is 5.75 Å². The first-order chi connectivity index (χ1) is 8.58. The van der Waals surface area contributed by atoms with Crippen LogP contribution in [-0.4, -0.2) is 11.1 Å². The van der Waals surface area contributed by atoms with E-state index in [1.165, 1.54) is 0 Å². The monoisotopic (exact) mass is 302 g/mol. The molecule has 0 spiro atoms. The molecule has 0 radical (unpaired) electrons. The summed E-state index contributed by atoms with van der Waals surface area (Å²) in [4.78, 5) is 11.8. The summed E-state index contributed by atoms with van der Waals surface area (Å²) in [5.41, 5.74) is 0. The van der Waals surface area contributed by atoms with Crippen molar-refractivity contribution in [3.05, 3.63) is 50.1 Å². The molecule has 0 saturated carbocycles. The lowest BCUT2D eigenvalue weighted by Crippen LogP contribution is -1.94. The average Bonchev–Trinajstić information content (AvgIpc) is 2.77. The van der Waals surface area contributed by atoms with Gasteiger partial charge in [0.25, 0.3) is 0 Å². The lowest BCUT2D eigenvalue weighted by atomic mass is 10.3. The first-order valence-corrected chi connectivity index (χ1v) is 6.54. The molecular weight excluding hydrogens is 295 g/mol. The summed E-state index contributed by atoms with van der Waals surface area (Å²) in [5, 5.41) is 9.66. The second kappa shape index (κ2) is 5.61. The normalized spacial score (nSPS) is 10.3. The van der Waals surface area contributed by atoms with Gasteiger partial charge in [-0.2, -0.15) is 0 Å². The highest BCUT2D eigenvalue weighted by Gasteiger charge is 2.10. The van der Waals surface area contributed by atoms with Crippen molar-refractivity contribution < 1.29 is 14.6 Å². The third kappa shape index (κ3) is 2.96. The van der Waals surface area contributed by atoms with Crippen LogP contribution >= 0.6 is 34.5 Å². The predicted octanol–water partition coefficient (Wildman–Crippen LogP) is 4.33. The van der Waals surface area contributed by atoms with E-state index in [9.17, 15) is 4.79 Å². The van der Waals surface area contributed by atoms with E-state index in [1.807, 2.05) is 0 Å². The number of carbonyl (C=O) groups is 1. The van der Waals surface area contributed by atoms with Crippen LogP contribution in [0.25, 0.3) is 0 Å². The quantitative estimate of drug-likeness (QED) is 0.914. The number of benzene rings is 1. The van der Waals surface area contributed by atoms with Gasteiger partial charge in [0.1, 0.15) is 11.5 Å². The number of halogens is 2. The third-order valence-corrected chi connectivity index (χ3v) is 3.79. The van der Waals surface area contributed by atoms with Crippen LogP contribution in [0.15, 0.2) is 30.3 Å². The SMILES string of the molecule is O=C(O)c1ccc(COc2c(Cl)cccc2Cl)s1. The van der Waals surface area contributed by atoms with Crippen LogP contribution < -0.4 is 4.74 Å². The van der Waals surface area contributed by atoms with Crippen LogP contribution in [0.3, 0.4) is 0 Å². The predicted molar refractivity (Wildman–Crippen MR) is 72.1 cm³/mol. The number of aromatic carboxylic acids is 1. The summed E-state index contributed by atoms with van der Waals surface area (Å²) >= 11 is 13.1. The summed E-state index contributed by atoms with van der Waals surface area (Å²) in [7, 11) is 0. The van der Waals surface area contributed by atoms with E-state index in [4.69, 9.17) is 33.0 Å². The number of hydrogen-bond acceptors (Lipinski definition) is 3. The maximum absolute atomic E-state index is 10.7. The van der Waals surface area contributed by atoms with E-state index in [-0.39, 0.29) is 11.5 Å². The molecule has 3 nitrogen and oxygen atoms in total. The molecule has 1 heterocycles. The molecule has 0 aliphatic rings. The average molecular weight is 303 g/mol. The van der Waals surface area contributed by atoms with Crippen molar-refractivity contribution in [2.45, 2.75) is 6.61 Å². The van der Waals surface area contributed by atoms with Gasteiger partial charge in [0, 0.05) is 4.88 Å². The highest BCUT2D eigenvalue weighted by Crippen LogP contribution is 2.33. The fourth-order valence-corrected chi connectivity index (χ4v) is 2.60. The van der Waals surface area contributed by atoms with Crippen LogP contribution in [0.2, 0.25) is 10.0 Å². The molecule has 1 N–H and O–H groups in total. The Morgan fingerprint density at radius 2 is 1.89 bits per heavy atom. The highest BCUT2D eigenvalue weighted by atomic mass is 35.5. The van der Waals surface area contributed by atoms with Crippen LogP contribution in [0.4, 0.5) is 0 Å². The minimum Gasteiger partial charge on any atom is -0.485 e. The van der Waals surface area contributed by atoms with E-state index in [1.54, 1.807) is 30.3 Å². The number of para-hydroxylation sites is 1. The molecule has 2 rings (SSSR count). The maximum Gasteiger partial charge on any atom is 0.345 e. The number of rotatable bonds is 4. The number of ether oxygens (including phenoxy) is 1. The minimum absolute atomic E-state index is 0.238. The van der Waals surface area contributed by atoms with Gasteiger partial charge < -0.3 is 9.84 Å². The van der Waals surface area contributed by atoms with E-state index in [0.29, 0.717) is 15.8 Å². The Bertz CT molecular complexity index is 560. The van der Waals surface area contributed by atoms with Gasteiger partial charge in [-0.05, 0) is 24.3 Å². The highest BCUT2D eigenvalue weighted by molar-refractivity contribution is 7.13. The van der Waals surface area contributed by atoms with Crippen molar-refractivity contribution in [1.29, 1.82) is 0 Å². The van der Waals surface area contributed by atoms with Crippen molar-refractivity contribution in [1.82, 2.24) is 0 Å². The van der Waals surface area contributed by atoms with Gasteiger partial charge in [0.2, 0.25) is 0 Å². The summed E-state index contributed by atoms with van der Waals surface area (Å²) in [6, 6.07) is 8.34.